The summed E-state index contributed by atoms with van der Waals surface area (Å²) >= 11 is 1.56. The highest BCUT2D eigenvalue weighted by Crippen LogP contribution is 2.16. The summed E-state index contributed by atoms with van der Waals surface area (Å²) in [4.78, 5) is 12.9. The summed E-state index contributed by atoms with van der Waals surface area (Å²) in [5, 5.41) is 9.01. The van der Waals surface area contributed by atoms with E-state index in [0.717, 1.165) is 16.3 Å². The third kappa shape index (κ3) is 4.89. The zero-order valence-electron chi connectivity index (χ0n) is 12.6. The van der Waals surface area contributed by atoms with Crippen LogP contribution in [0.15, 0.2) is 46.9 Å². The predicted octanol–water partition coefficient (Wildman–Crippen LogP) is 3.10. The topological polar surface area (TPSA) is 62.7 Å². The van der Waals surface area contributed by atoms with Crippen molar-refractivity contribution in [3.63, 3.8) is 0 Å². The molecule has 0 bridgehead atoms. The lowest BCUT2D eigenvalue weighted by Crippen LogP contribution is -2.34. The SMILES string of the molecule is CCOc1ccc(N[C@@H](C)C(=O)NN=Cc2cccs2)cc1. The Kier molecular flexibility index (Phi) is 5.97. The van der Waals surface area contributed by atoms with Crippen molar-refractivity contribution < 1.29 is 9.53 Å². The third-order valence-electron chi connectivity index (χ3n) is 2.85. The van der Waals surface area contributed by atoms with E-state index in [2.05, 4.69) is 15.8 Å². The van der Waals surface area contributed by atoms with E-state index < -0.39 is 6.04 Å². The summed E-state index contributed by atoms with van der Waals surface area (Å²) in [5.41, 5.74) is 3.38. The fourth-order valence-electron chi connectivity index (χ4n) is 1.75. The second-order valence-corrected chi connectivity index (χ2v) is 5.55. The minimum absolute atomic E-state index is 0.193. The molecule has 2 aromatic rings. The van der Waals surface area contributed by atoms with Gasteiger partial charge >= 0.3 is 0 Å². The number of carbonyl (C=O) groups excluding carboxylic acids is 1. The molecule has 1 atom stereocenters. The van der Waals surface area contributed by atoms with Crippen LogP contribution in [0.5, 0.6) is 5.75 Å². The molecule has 2 N–H and O–H groups in total. The first-order valence-corrected chi connectivity index (χ1v) is 7.93. The van der Waals surface area contributed by atoms with Crippen LogP contribution in [-0.4, -0.2) is 24.8 Å². The Labute approximate surface area is 134 Å². The van der Waals surface area contributed by atoms with E-state index in [0.29, 0.717) is 6.61 Å². The third-order valence-corrected chi connectivity index (χ3v) is 3.66. The van der Waals surface area contributed by atoms with E-state index in [9.17, 15) is 4.79 Å². The van der Waals surface area contributed by atoms with E-state index in [1.165, 1.54) is 0 Å². The Morgan fingerprint density at radius 2 is 2.14 bits per heavy atom. The number of anilines is 1. The number of thiophene rings is 1. The van der Waals surface area contributed by atoms with Crippen LogP contribution in [0.4, 0.5) is 5.69 Å². The number of rotatable bonds is 7. The van der Waals surface area contributed by atoms with Crippen molar-refractivity contribution in [1.29, 1.82) is 0 Å². The van der Waals surface area contributed by atoms with Gasteiger partial charge in [0.25, 0.3) is 5.91 Å². The van der Waals surface area contributed by atoms with Gasteiger partial charge < -0.3 is 10.1 Å². The molecule has 1 amide bonds. The minimum atomic E-state index is -0.390. The zero-order valence-corrected chi connectivity index (χ0v) is 13.4. The smallest absolute Gasteiger partial charge is 0.262 e. The van der Waals surface area contributed by atoms with E-state index in [1.54, 1.807) is 24.5 Å². The van der Waals surface area contributed by atoms with Gasteiger partial charge in [0, 0.05) is 10.6 Å². The number of benzene rings is 1. The van der Waals surface area contributed by atoms with Crippen LogP contribution in [0.25, 0.3) is 0 Å². The molecule has 5 nitrogen and oxygen atoms in total. The fourth-order valence-corrected chi connectivity index (χ4v) is 2.34. The van der Waals surface area contributed by atoms with E-state index in [-0.39, 0.29) is 5.91 Å². The van der Waals surface area contributed by atoms with E-state index >= 15 is 0 Å². The summed E-state index contributed by atoms with van der Waals surface area (Å²) in [6.07, 6.45) is 1.63. The maximum absolute atomic E-state index is 11.9. The number of hydrogen-bond donors (Lipinski definition) is 2. The van der Waals surface area contributed by atoms with Crippen molar-refractivity contribution in [2.75, 3.05) is 11.9 Å². The predicted molar refractivity (Wildman–Crippen MR) is 90.8 cm³/mol. The number of hydrazone groups is 1. The van der Waals surface area contributed by atoms with Crippen molar-refractivity contribution >= 4 is 29.1 Å². The van der Waals surface area contributed by atoms with E-state index in [4.69, 9.17) is 4.74 Å². The van der Waals surface area contributed by atoms with Gasteiger partial charge in [-0.3, -0.25) is 4.79 Å². The Bertz CT molecular complexity index is 609. The first-order valence-electron chi connectivity index (χ1n) is 7.05. The van der Waals surface area contributed by atoms with Gasteiger partial charge in [-0.15, -0.1) is 11.3 Å². The average Bonchev–Trinajstić information content (AvgIpc) is 3.02. The number of hydrogen-bond acceptors (Lipinski definition) is 5. The molecule has 0 aliphatic heterocycles. The second-order valence-electron chi connectivity index (χ2n) is 4.57. The van der Waals surface area contributed by atoms with Crippen LogP contribution in [0.2, 0.25) is 0 Å². The number of nitrogens with one attached hydrogen (secondary N) is 2. The molecule has 116 valence electrons. The average molecular weight is 317 g/mol. The van der Waals surface area contributed by atoms with Crippen LogP contribution in [-0.2, 0) is 4.79 Å². The lowest BCUT2D eigenvalue weighted by Gasteiger charge is -2.13. The lowest BCUT2D eigenvalue weighted by molar-refractivity contribution is -0.121. The van der Waals surface area contributed by atoms with Crippen molar-refractivity contribution in [3.05, 3.63) is 46.7 Å². The molecule has 1 aromatic carbocycles. The van der Waals surface area contributed by atoms with Gasteiger partial charge in [0.15, 0.2) is 0 Å². The van der Waals surface area contributed by atoms with Gasteiger partial charge in [0.2, 0.25) is 0 Å². The number of nitrogens with zero attached hydrogens (tertiary/aromatic N) is 1. The molecule has 0 fully saturated rings. The molecule has 0 unspecified atom stereocenters. The van der Waals surface area contributed by atoms with Crippen molar-refractivity contribution in [1.82, 2.24) is 5.43 Å². The molecule has 0 spiro atoms. The molecule has 0 aliphatic carbocycles. The Hall–Kier alpha value is -2.34. The summed E-state index contributed by atoms with van der Waals surface area (Å²) in [6, 6.07) is 11.0. The minimum Gasteiger partial charge on any atom is -0.494 e. The second kappa shape index (κ2) is 8.19. The summed E-state index contributed by atoms with van der Waals surface area (Å²) in [6.45, 7) is 4.36. The molecule has 0 aliphatic rings. The molecule has 6 heteroatoms. The summed E-state index contributed by atoms with van der Waals surface area (Å²) < 4.78 is 5.38. The Balaban J connectivity index is 1.82. The van der Waals surface area contributed by atoms with Crippen molar-refractivity contribution in [2.24, 2.45) is 5.10 Å². The summed E-state index contributed by atoms with van der Waals surface area (Å²) in [7, 11) is 0. The molecular formula is C16H19N3O2S. The Morgan fingerprint density at radius 1 is 1.36 bits per heavy atom. The van der Waals surface area contributed by atoms with Crippen LogP contribution in [0.3, 0.4) is 0 Å². The van der Waals surface area contributed by atoms with E-state index in [1.807, 2.05) is 48.7 Å². The summed E-state index contributed by atoms with van der Waals surface area (Å²) in [5.74, 6) is 0.618. The zero-order chi connectivity index (χ0) is 15.8. The standard InChI is InChI=1S/C16H19N3O2S/c1-3-21-14-8-6-13(7-9-14)18-12(2)16(20)19-17-11-15-5-4-10-22-15/h4-12,18H,3H2,1-2H3,(H,19,20)/t12-/m0/s1. The van der Waals surface area contributed by atoms with Gasteiger partial charge in [0.05, 0.1) is 12.8 Å². The number of amides is 1. The Morgan fingerprint density at radius 3 is 2.77 bits per heavy atom. The number of ether oxygens (including phenoxy) is 1. The largest absolute Gasteiger partial charge is 0.494 e. The number of carbonyl (C=O) groups is 1. The highest BCUT2D eigenvalue weighted by atomic mass is 32.1. The van der Waals surface area contributed by atoms with Crippen molar-refractivity contribution in [2.45, 2.75) is 19.9 Å². The monoisotopic (exact) mass is 317 g/mol. The van der Waals surface area contributed by atoms with Gasteiger partial charge in [-0.2, -0.15) is 5.10 Å². The molecule has 0 radical (unpaired) electrons. The molecular weight excluding hydrogens is 298 g/mol. The molecule has 2 rings (SSSR count). The van der Waals surface area contributed by atoms with Crippen LogP contribution < -0.4 is 15.5 Å². The van der Waals surface area contributed by atoms with Gasteiger partial charge in [-0.05, 0) is 49.6 Å². The molecule has 0 saturated heterocycles. The maximum atomic E-state index is 11.9. The molecule has 1 aromatic heterocycles. The first-order chi connectivity index (χ1) is 10.7. The lowest BCUT2D eigenvalue weighted by atomic mass is 10.2. The molecule has 22 heavy (non-hydrogen) atoms. The molecule has 0 saturated carbocycles. The van der Waals surface area contributed by atoms with Crippen molar-refractivity contribution in [3.8, 4) is 5.75 Å². The maximum Gasteiger partial charge on any atom is 0.262 e. The van der Waals surface area contributed by atoms with Crippen LogP contribution >= 0.6 is 11.3 Å². The first kappa shape index (κ1) is 16.0. The van der Waals surface area contributed by atoms with Gasteiger partial charge in [0.1, 0.15) is 11.8 Å². The molecule has 1 heterocycles. The fraction of sp³-hybridized carbons (Fsp3) is 0.250. The van der Waals surface area contributed by atoms with Gasteiger partial charge in [-0.1, -0.05) is 6.07 Å². The highest BCUT2D eigenvalue weighted by molar-refractivity contribution is 7.11. The van der Waals surface area contributed by atoms with Crippen LogP contribution in [0.1, 0.15) is 18.7 Å². The normalized spacial score (nSPS) is 12.1. The van der Waals surface area contributed by atoms with Crippen LogP contribution in [0, 0.1) is 0 Å². The quantitative estimate of drug-likeness (QED) is 0.609. The van der Waals surface area contributed by atoms with Gasteiger partial charge in [-0.25, -0.2) is 5.43 Å². The highest BCUT2D eigenvalue weighted by Gasteiger charge is 2.11.